The molecule has 2 atom stereocenters. The molecule has 0 unspecified atom stereocenters. The minimum Gasteiger partial charge on any atom is -0.487 e. The monoisotopic (exact) mass is 466 g/mol. The number of amides is 2. The van der Waals surface area contributed by atoms with E-state index in [1.54, 1.807) is 12.5 Å². The Labute approximate surface area is 203 Å². The summed E-state index contributed by atoms with van der Waals surface area (Å²) in [6, 6.07) is 7.65. The minimum absolute atomic E-state index is 0.0163. The van der Waals surface area contributed by atoms with Gasteiger partial charge in [-0.2, -0.15) is 0 Å². The van der Waals surface area contributed by atoms with Gasteiger partial charge in [0.1, 0.15) is 18.4 Å². The molecule has 0 N–H and O–H groups in total. The van der Waals surface area contributed by atoms with Crippen molar-refractivity contribution >= 4 is 11.8 Å². The number of ether oxygens (including phenoxy) is 1. The zero-order valence-corrected chi connectivity index (χ0v) is 20.4. The zero-order valence-electron chi connectivity index (χ0n) is 20.4. The summed E-state index contributed by atoms with van der Waals surface area (Å²) < 4.78 is 8.43. The number of aromatic nitrogens is 2. The van der Waals surface area contributed by atoms with Crippen LogP contribution in [0.5, 0.6) is 5.75 Å². The van der Waals surface area contributed by atoms with Crippen molar-refractivity contribution in [1.29, 1.82) is 0 Å². The van der Waals surface area contributed by atoms with Crippen molar-refractivity contribution in [2.24, 2.45) is 0 Å². The van der Waals surface area contributed by atoms with Crippen LogP contribution in [0.1, 0.15) is 75.1 Å². The molecule has 2 aromatic rings. The molecule has 2 heterocycles. The van der Waals surface area contributed by atoms with Gasteiger partial charge in [0.25, 0.3) is 5.91 Å². The van der Waals surface area contributed by atoms with Crippen LogP contribution >= 0.6 is 0 Å². The van der Waals surface area contributed by atoms with Gasteiger partial charge in [-0.05, 0) is 50.7 Å². The maximum absolute atomic E-state index is 13.5. The molecule has 1 aromatic carbocycles. The number of para-hydroxylation sites is 1. The Morgan fingerprint density at radius 3 is 2.65 bits per heavy atom. The summed E-state index contributed by atoms with van der Waals surface area (Å²) in [5, 5.41) is 0. The van der Waals surface area contributed by atoms with Crippen LogP contribution in [0.4, 0.5) is 0 Å². The number of hydrogen-bond acceptors (Lipinski definition) is 4. The van der Waals surface area contributed by atoms with Gasteiger partial charge in [0.2, 0.25) is 5.91 Å². The third-order valence-electron chi connectivity index (χ3n) is 7.02. The number of benzene rings is 1. The van der Waals surface area contributed by atoms with Crippen molar-refractivity contribution in [3.05, 3.63) is 48.5 Å². The molecule has 7 nitrogen and oxygen atoms in total. The highest BCUT2D eigenvalue weighted by atomic mass is 16.5. The molecule has 0 radical (unpaired) electrons. The van der Waals surface area contributed by atoms with Gasteiger partial charge in [-0.1, -0.05) is 38.3 Å². The fraction of sp³-hybridized carbons (Fsp3) is 0.593. The maximum atomic E-state index is 13.5. The highest BCUT2D eigenvalue weighted by molar-refractivity contribution is 5.97. The molecule has 7 heteroatoms. The second kappa shape index (κ2) is 12.0. The van der Waals surface area contributed by atoms with Gasteiger partial charge in [0.05, 0.1) is 17.9 Å². The molecule has 4 rings (SSSR count). The first kappa shape index (κ1) is 24.3. The fourth-order valence-corrected chi connectivity index (χ4v) is 5.28. The molecule has 184 valence electrons. The van der Waals surface area contributed by atoms with Gasteiger partial charge in [-0.3, -0.25) is 9.59 Å². The van der Waals surface area contributed by atoms with Gasteiger partial charge in [-0.15, -0.1) is 0 Å². The van der Waals surface area contributed by atoms with Crippen LogP contribution in [-0.2, 0) is 11.3 Å². The average molecular weight is 467 g/mol. The number of fused-ring (bicyclic) bond motifs is 2. The Kier molecular flexibility index (Phi) is 8.61. The van der Waals surface area contributed by atoms with E-state index >= 15 is 0 Å². The van der Waals surface area contributed by atoms with E-state index in [2.05, 4.69) is 16.8 Å². The first-order valence-electron chi connectivity index (χ1n) is 13.0. The molecule has 1 aliphatic heterocycles. The molecule has 0 bridgehead atoms. The molecular weight excluding hydrogens is 428 g/mol. The molecule has 2 aliphatic rings. The van der Waals surface area contributed by atoms with Gasteiger partial charge in [0, 0.05) is 32.0 Å². The summed E-state index contributed by atoms with van der Waals surface area (Å²) in [7, 11) is 0. The SMILES string of the molecule is CCCN1CCCCCCN(C(=O)Cn2ccnc2)[C@@H]2CCCC[C@@H]2Oc2ccccc2C1=O. The maximum Gasteiger partial charge on any atom is 0.257 e. The second-order valence-electron chi connectivity index (χ2n) is 9.53. The Hall–Kier alpha value is -2.83. The highest BCUT2D eigenvalue weighted by Gasteiger charge is 2.35. The first-order valence-corrected chi connectivity index (χ1v) is 13.0. The van der Waals surface area contributed by atoms with E-state index in [-0.39, 0.29) is 24.0 Å². The van der Waals surface area contributed by atoms with E-state index in [4.69, 9.17) is 4.74 Å². The summed E-state index contributed by atoms with van der Waals surface area (Å²) in [5.41, 5.74) is 0.633. The van der Waals surface area contributed by atoms with E-state index in [0.717, 1.165) is 77.4 Å². The van der Waals surface area contributed by atoms with E-state index in [1.165, 1.54) is 0 Å². The number of rotatable bonds is 4. The number of nitrogens with zero attached hydrogens (tertiary/aromatic N) is 4. The molecule has 2 amide bonds. The third kappa shape index (κ3) is 5.99. The Bertz CT molecular complexity index is 930. The Morgan fingerprint density at radius 2 is 1.85 bits per heavy atom. The largest absolute Gasteiger partial charge is 0.487 e. The summed E-state index contributed by atoms with van der Waals surface area (Å²) >= 11 is 0. The summed E-state index contributed by atoms with van der Waals surface area (Å²) in [4.78, 5) is 35.0. The zero-order chi connectivity index (χ0) is 23.8. The lowest BCUT2D eigenvalue weighted by molar-refractivity contribution is -0.137. The van der Waals surface area contributed by atoms with Crippen LogP contribution < -0.4 is 4.74 Å². The summed E-state index contributed by atoms with van der Waals surface area (Å²) in [6.07, 6.45) is 14.1. The fourth-order valence-electron chi connectivity index (χ4n) is 5.28. The Morgan fingerprint density at radius 1 is 1.06 bits per heavy atom. The van der Waals surface area contributed by atoms with Crippen molar-refractivity contribution in [2.45, 2.75) is 83.4 Å². The van der Waals surface area contributed by atoms with Crippen molar-refractivity contribution < 1.29 is 14.3 Å². The van der Waals surface area contributed by atoms with Crippen molar-refractivity contribution in [2.75, 3.05) is 19.6 Å². The summed E-state index contributed by atoms with van der Waals surface area (Å²) in [5.74, 6) is 0.809. The van der Waals surface area contributed by atoms with E-state index in [0.29, 0.717) is 17.9 Å². The highest BCUT2D eigenvalue weighted by Crippen LogP contribution is 2.31. The topological polar surface area (TPSA) is 67.7 Å². The molecule has 0 spiro atoms. The van der Waals surface area contributed by atoms with Crippen LogP contribution in [0.3, 0.4) is 0 Å². The number of imidazole rings is 1. The van der Waals surface area contributed by atoms with E-state index in [9.17, 15) is 9.59 Å². The van der Waals surface area contributed by atoms with Gasteiger partial charge in [0.15, 0.2) is 0 Å². The normalized spacial score (nSPS) is 22.3. The molecule has 34 heavy (non-hydrogen) atoms. The van der Waals surface area contributed by atoms with Crippen LogP contribution in [-0.4, -0.2) is 62.9 Å². The lowest BCUT2D eigenvalue weighted by Gasteiger charge is -2.40. The third-order valence-corrected chi connectivity index (χ3v) is 7.02. The second-order valence-corrected chi connectivity index (χ2v) is 9.53. The number of carbonyl (C=O) groups excluding carboxylic acids is 2. The van der Waals surface area contributed by atoms with Crippen molar-refractivity contribution in [3.8, 4) is 5.75 Å². The Balaban J connectivity index is 1.62. The standard InChI is InChI=1S/C27H38N4O3/c1-2-16-30-17-9-3-4-10-18-31(26(32)20-29-19-15-28-21-29)23-12-6-8-14-25(23)34-24-13-7-5-11-22(24)27(30)33/h5,7,11,13,15,19,21,23,25H,2-4,6,8-10,12,14,16-18,20H2,1H3/t23-,25+/m1/s1. The van der Waals surface area contributed by atoms with Crippen LogP contribution in [0.2, 0.25) is 0 Å². The lowest BCUT2D eigenvalue weighted by Crippen LogP contribution is -2.52. The van der Waals surface area contributed by atoms with E-state index in [1.807, 2.05) is 39.9 Å². The van der Waals surface area contributed by atoms with Gasteiger partial charge < -0.3 is 19.1 Å². The molecular formula is C27H38N4O3. The predicted molar refractivity (Wildman–Crippen MR) is 132 cm³/mol. The minimum atomic E-state index is -0.114. The molecule has 1 aliphatic carbocycles. The van der Waals surface area contributed by atoms with E-state index < -0.39 is 0 Å². The average Bonchev–Trinajstić information content (AvgIpc) is 3.36. The summed E-state index contributed by atoms with van der Waals surface area (Å²) in [6.45, 7) is 4.68. The van der Waals surface area contributed by atoms with Crippen molar-refractivity contribution in [3.63, 3.8) is 0 Å². The lowest BCUT2D eigenvalue weighted by atomic mass is 9.90. The van der Waals surface area contributed by atoms with Gasteiger partial charge >= 0.3 is 0 Å². The first-order chi connectivity index (χ1) is 16.7. The predicted octanol–water partition coefficient (Wildman–Crippen LogP) is 4.53. The number of hydrogen-bond donors (Lipinski definition) is 0. The molecule has 1 saturated carbocycles. The van der Waals surface area contributed by atoms with Crippen molar-refractivity contribution in [1.82, 2.24) is 19.4 Å². The molecule has 1 aromatic heterocycles. The molecule has 1 fully saturated rings. The van der Waals surface area contributed by atoms with Crippen LogP contribution in [0, 0.1) is 0 Å². The number of carbonyl (C=O) groups is 2. The van der Waals surface area contributed by atoms with Crippen LogP contribution in [0.25, 0.3) is 0 Å². The quantitative estimate of drug-likeness (QED) is 0.664. The smallest absolute Gasteiger partial charge is 0.257 e. The van der Waals surface area contributed by atoms with Crippen LogP contribution in [0.15, 0.2) is 43.0 Å². The molecule has 0 saturated heterocycles. The van der Waals surface area contributed by atoms with Gasteiger partial charge in [-0.25, -0.2) is 4.98 Å².